The predicted molar refractivity (Wildman–Crippen MR) is 92.5 cm³/mol. The van der Waals surface area contributed by atoms with E-state index >= 15 is 0 Å². The van der Waals surface area contributed by atoms with Crippen LogP contribution in [0.15, 0.2) is 30.6 Å². The minimum atomic E-state index is 0.266. The van der Waals surface area contributed by atoms with Gasteiger partial charge < -0.3 is 9.64 Å². The summed E-state index contributed by atoms with van der Waals surface area (Å²) in [6.07, 6.45) is 3.97. The summed E-state index contributed by atoms with van der Waals surface area (Å²) in [5, 5.41) is 0.640. The summed E-state index contributed by atoms with van der Waals surface area (Å²) in [4.78, 5) is 17.7. The summed E-state index contributed by atoms with van der Waals surface area (Å²) >= 11 is 6.18. The van der Waals surface area contributed by atoms with Crippen LogP contribution in [0.4, 0.5) is 5.82 Å². The number of rotatable bonds is 4. The van der Waals surface area contributed by atoms with Crippen LogP contribution in [0.2, 0.25) is 5.02 Å². The molecule has 1 fully saturated rings. The lowest BCUT2D eigenvalue weighted by Crippen LogP contribution is -2.35. The van der Waals surface area contributed by atoms with Crippen LogP contribution in [-0.4, -0.2) is 34.1 Å². The van der Waals surface area contributed by atoms with E-state index < -0.39 is 0 Å². The van der Waals surface area contributed by atoms with Gasteiger partial charge in [-0.2, -0.15) is 4.98 Å². The average molecular weight is 345 g/mol. The lowest BCUT2D eigenvalue weighted by atomic mass is 10.2. The number of para-hydroxylation sites is 1. The SMILES string of the molecule is Cc1nc(N2CCC[C@@H]2COc2ccccc2Cl)c2[nH]c[nH+]c2n1. The Kier molecular flexibility index (Phi) is 3.98. The number of fused-ring (bicyclic) bond motifs is 1. The smallest absolute Gasteiger partial charge is 0.305 e. The number of H-pyrrole nitrogens is 2. The molecule has 1 aromatic carbocycles. The first kappa shape index (κ1) is 15.2. The molecule has 0 spiro atoms. The van der Waals surface area contributed by atoms with Gasteiger partial charge in [-0.1, -0.05) is 28.7 Å². The molecule has 2 aromatic heterocycles. The Morgan fingerprint density at radius 2 is 2.25 bits per heavy atom. The van der Waals surface area contributed by atoms with Crippen LogP contribution < -0.4 is 14.6 Å². The van der Waals surface area contributed by atoms with Gasteiger partial charge in [-0.15, -0.1) is 0 Å². The lowest BCUT2D eigenvalue weighted by molar-refractivity contribution is -0.347. The number of hydrogen-bond donors (Lipinski definition) is 1. The summed E-state index contributed by atoms with van der Waals surface area (Å²) in [5.74, 6) is 2.42. The Bertz CT molecular complexity index is 865. The van der Waals surface area contributed by atoms with Gasteiger partial charge in [0.2, 0.25) is 11.3 Å². The molecule has 1 aliphatic rings. The van der Waals surface area contributed by atoms with Gasteiger partial charge in [-0.05, 0) is 25.0 Å². The fraction of sp³-hybridized carbons (Fsp3) is 0.353. The van der Waals surface area contributed by atoms with Crippen molar-refractivity contribution in [2.24, 2.45) is 0 Å². The number of nitrogens with one attached hydrogen (secondary N) is 2. The number of hydrogen-bond acceptors (Lipinski definition) is 4. The van der Waals surface area contributed by atoms with Crippen LogP contribution in [0.5, 0.6) is 5.75 Å². The van der Waals surface area contributed by atoms with Gasteiger partial charge in [0, 0.05) is 13.5 Å². The van der Waals surface area contributed by atoms with E-state index in [2.05, 4.69) is 24.8 Å². The minimum absolute atomic E-state index is 0.266. The van der Waals surface area contributed by atoms with Gasteiger partial charge in [-0.25, -0.2) is 4.98 Å². The van der Waals surface area contributed by atoms with E-state index in [0.717, 1.165) is 47.9 Å². The topological polar surface area (TPSA) is 68.2 Å². The zero-order valence-corrected chi connectivity index (χ0v) is 14.2. The molecule has 3 heterocycles. The maximum Gasteiger partial charge on any atom is 0.305 e. The zero-order chi connectivity index (χ0) is 16.5. The van der Waals surface area contributed by atoms with E-state index in [1.807, 2.05) is 31.2 Å². The van der Waals surface area contributed by atoms with E-state index in [-0.39, 0.29) is 6.04 Å². The molecule has 124 valence electrons. The first-order valence-electron chi connectivity index (χ1n) is 8.10. The van der Waals surface area contributed by atoms with Crippen LogP contribution in [0.25, 0.3) is 11.2 Å². The van der Waals surface area contributed by atoms with Crippen LogP contribution in [0.3, 0.4) is 0 Å². The second-order valence-electron chi connectivity index (χ2n) is 5.98. The van der Waals surface area contributed by atoms with Crippen molar-refractivity contribution in [3.63, 3.8) is 0 Å². The molecule has 0 bridgehead atoms. The highest BCUT2D eigenvalue weighted by Crippen LogP contribution is 2.29. The van der Waals surface area contributed by atoms with Crippen LogP contribution in [0.1, 0.15) is 18.7 Å². The maximum absolute atomic E-state index is 6.18. The molecule has 0 saturated carbocycles. The quantitative estimate of drug-likeness (QED) is 0.790. The van der Waals surface area contributed by atoms with Crippen molar-refractivity contribution in [1.82, 2.24) is 15.0 Å². The Labute approximate surface area is 144 Å². The summed E-state index contributed by atoms with van der Waals surface area (Å²) in [5.41, 5.74) is 1.76. The Morgan fingerprint density at radius 1 is 1.38 bits per heavy atom. The lowest BCUT2D eigenvalue weighted by Gasteiger charge is -2.25. The van der Waals surface area contributed by atoms with Crippen LogP contribution >= 0.6 is 11.6 Å². The molecule has 0 aliphatic carbocycles. The molecule has 4 rings (SSSR count). The molecule has 3 aromatic rings. The number of ether oxygens (including phenoxy) is 1. The summed E-state index contributed by atoms with van der Waals surface area (Å²) in [7, 11) is 0. The first-order valence-corrected chi connectivity index (χ1v) is 8.47. The van der Waals surface area contributed by atoms with E-state index in [1.165, 1.54) is 0 Å². The average Bonchev–Trinajstić information content (AvgIpc) is 3.22. The van der Waals surface area contributed by atoms with Crippen molar-refractivity contribution in [1.29, 1.82) is 0 Å². The first-order chi connectivity index (χ1) is 11.7. The molecule has 1 aliphatic heterocycles. The normalized spacial score (nSPS) is 17.6. The van der Waals surface area contributed by atoms with Crippen molar-refractivity contribution >= 4 is 28.6 Å². The molecule has 2 N–H and O–H groups in total. The van der Waals surface area contributed by atoms with Gasteiger partial charge >= 0.3 is 5.65 Å². The van der Waals surface area contributed by atoms with E-state index in [1.54, 1.807) is 6.33 Å². The minimum Gasteiger partial charge on any atom is -0.490 e. The fourth-order valence-corrected chi connectivity index (χ4v) is 3.41. The molecule has 6 nitrogen and oxygen atoms in total. The summed E-state index contributed by atoms with van der Waals surface area (Å²) in [6, 6.07) is 7.84. The van der Waals surface area contributed by atoms with Crippen molar-refractivity contribution in [2.45, 2.75) is 25.8 Å². The third-order valence-electron chi connectivity index (χ3n) is 4.34. The molecule has 24 heavy (non-hydrogen) atoms. The molecule has 0 amide bonds. The molecule has 1 saturated heterocycles. The standard InChI is InChI=1S/C17H18ClN5O/c1-11-21-16-15(19-10-20-16)17(22-11)23-8-4-5-12(23)9-24-14-7-3-2-6-13(14)18/h2-3,6-7,10,12H,4-5,8-9H2,1H3,(H,19,20,21,22)/p+1/t12-/m1/s1. The second kappa shape index (κ2) is 6.28. The van der Waals surface area contributed by atoms with Crippen molar-refractivity contribution < 1.29 is 9.72 Å². The highest BCUT2D eigenvalue weighted by Gasteiger charge is 2.30. The third-order valence-corrected chi connectivity index (χ3v) is 4.66. The Hall–Kier alpha value is -2.34. The van der Waals surface area contributed by atoms with E-state index in [4.69, 9.17) is 16.3 Å². The molecule has 0 radical (unpaired) electrons. The van der Waals surface area contributed by atoms with Crippen LogP contribution in [-0.2, 0) is 0 Å². The summed E-state index contributed by atoms with van der Waals surface area (Å²) in [6.45, 7) is 3.45. The monoisotopic (exact) mass is 344 g/mol. The number of aromatic nitrogens is 4. The van der Waals surface area contributed by atoms with Crippen molar-refractivity contribution in [3.05, 3.63) is 41.4 Å². The van der Waals surface area contributed by atoms with Gasteiger partial charge in [0.05, 0.1) is 11.1 Å². The maximum atomic E-state index is 6.18. The highest BCUT2D eigenvalue weighted by atomic mass is 35.5. The van der Waals surface area contributed by atoms with E-state index in [0.29, 0.717) is 11.6 Å². The number of benzene rings is 1. The van der Waals surface area contributed by atoms with Crippen LogP contribution in [0, 0.1) is 6.92 Å². The predicted octanol–water partition coefficient (Wildman–Crippen LogP) is 2.78. The Morgan fingerprint density at radius 3 is 3.12 bits per heavy atom. The number of imidazole rings is 1. The van der Waals surface area contributed by atoms with Crippen molar-refractivity contribution in [3.8, 4) is 5.75 Å². The van der Waals surface area contributed by atoms with E-state index in [9.17, 15) is 0 Å². The van der Waals surface area contributed by atoms with Crippen molar-refractivity contribution in [2.75, 3.05) is 18.1 Å². The number of aromatic amines is 2. The fourth-order valence-electron chi connectivity index (χ4n) is 3.22. The number of aryl methyl sites for hydroxylation is 1. The highest BCUT2D eigenvalue weighted by molar-refractivity contribution is 6.32. The third kappa shape index (κ3) is 2.78. The number of halogens is 1. The van der Waals surface area contributed by atoms with Gasteiger partial charge in [0.1, 0.15) is 12.4 Å². The number of nitrogens with zero attached hydrogens (tertiary/aromatic N) is 3. The zero-order valence-electron chi connectivity index (χ0n) is 13.4. The second-order valence-corrected chi connectivity index (χ2v) is 6.39. The largest absolute Gasteiger partial charge is 0.490 e. The molecule has 1 atom stereocenters. The summed E-state index contributed by atoms with van der Waals surface area (Å²) < 4.78 is 5.96. The molecule has 0 unspecified atom stereocenters. The van der Waals surface area contributed by atoms with Gasteiger partial charge in [0.15, 0.2) is 12.1 Å². The Balaban J connectivity index is 1.58. The molecular weight excluding hydrogens is 326 g/mol. The molecular formula is C17H19ClN5O+. The van der Waals surface area contributed by atoms with Gasteiger partial charge in [0.25, 0.3) is 0 Å². The number of anilines is 1. The van der Waals surface area contributed by atoms with Gasteiger partial charge in [-0.3, -0.25) is 4.98 Å². The molecule has 7 heteroatoms.